The minimum absolute atomic E-state index is 0.0553. The van der Waals surface area contributed by atoms with E-state index >= 15 is 0 Å². The summed E-state index contributed by atoms with van der Waals surface area (Å²) < 4.78 is 63.4. The summed E-state index contributed by atoms with van der Waals surface area (Å²) in [6.45, 7) is 1.29. The van der Waals surface area contributed by atoms with Gasteiger partial charge >= 0.3 is 12.3 Å². The molecule has 0 fully saturated rings. The van der Waals surface area contributed by atoms with E-state index in [1.54, 1.807) is 0 Å². The van der Waals surface area contributed by atoms with Crippen LogP contribution in [0.3, 0.4) is 0 Å². The zero-order valence-electron chi connectivity index (χ0n) is 14.7. The van der Waals surface area contributed by atoms with Crippen LogP contribution in [0.2, 0.25) is 0 Å². The van der Waals surface area contributed by atoms with E-state index in [1.807, 2.05) is 0 Å². The van der Waals surface area contributed by atoms with Crippen molar-refractivity contribution < 1.29 is 41.4 Å². The second-order valence-electron chi connectivity index (χ2n) is 5.46. The van der Waals surface area contributed by atoms with Crippen molar-refractivity contribution in [3.63, 3.8) is 0 Å². The predicted octanol–water partition coefficient (Wildman–Crippen LogP) is 3.92. The molecule has 2 rings (SSSR count). The second kappa shape index (κ2) is 8.59. The molecule has 0 radical (unpaired) electrons. The van der Waals surface area contributed by atoms with Crippen LogP contribution in [0.5, 0.6) is 11.5 Å². The third kappa shape index (κ3) is 5.86. The summed E-state index contributed by atoms with van der Waals surface area (Å²) in [7, 11) is 1.27. The number of rotatable bonds is 6. The first-order valence-corrected chi connectivity index (χ1v) is 7.80. The lowest BCUT2D eigenvalue weighted by atomic mass is 10.2. The van der Waals surface area contributed by atoms with Crippen LogP contribution in [0.15, 0.2) is 42.5 Å². The summed E-state index contributed by atoms with van der Waals surface area (Å²) in [5.74, 6) is -2.94. The monoisotopic (exact) mass is 401 g/mol. The van der Waals surface area contributed by atoms with Crippen LogP contribution in [-0.2, 0) is 9.53 Å². The van der Waals surface area contributed by atoms with Gasteiger partial charge < -0.3 is 19.5 Å². The largest absolute Gasteiger partial charge is 0.573 e. The first-order chi connectivity index (χ1) is 13.1. The van der Waals surface area contributed by atoms with E-state index in [0.29, 0.717) is 0 Å². The normalized spacial score (nSPS) is 12.1. The highest BCUT2D eigenvalue weighted by molar-refractivity contribution is 5.97. The Hall–Kier alpha value is -3.30. The molecular weight excluding hydrogens is 386 g/mol. The van der Waals surface area contributed by atoms with Crippen LogP contribution < -0.4 is 14.8 Å². The van der Waals surface area contributed by atoms with Crippen molar-refractivity contribution in [3.8, 4) is 11.5 Å². The van der Waals surface area contributed by atoms with Gasteiger partial charge in [-0.15, -0.1) is 13.2 Å². The Labute approximate surface area is 157 Å². The Bertz CT molecular complexity index is 852. The van der Waals surface area contributed by atoms with Crippen molar-refractivity contribution in [2.75, 3.05) is 12.4 Å². The smallest absolute Gasteiger partial charge is 0.494 e. The summed E-state index contributed by atoms with van der Waals surface area (Å²) in [4.78, 5) is 24.1. The molecule has 28 heavy (non-hydrogen) atoms. The molecule has 0 aliphatic carbocycles. The van der Waals surface area contributed by atoms with Crippen LogP contribution in [-0.4, -0.2) is 31.5 Å². The lowest BCUT2D eigenvalue weighted by Gasteiger charge is -2.14. The maximum absolute atomic E-state index is 13.6. The fraction of sp³-hybridized carbons (Fsp3) is 0.222. The van der Waals surface area contributed by atoms with Gasteiger partial charge in [0.05, 0.1) is 12.7 Å². The van der Waals surface area contributed by atoms with E-state index in [-0.39, 0.29) is 17.0 Å². The molecule has 0 saturated carbocycles. The van der Waals surface area contributed by atoms with E-state index in [4.69, 9.17) is 9.47 Å². The molecule has 2 aromatic rings. The third-order valence-corrected chi connectivity index (χ3v) is 3.40. The molecule has 2 aromatic carbocycles. The standard InChI is InChI=1S/C18H15F4NO5/c1-10(27-17(25)11-3-8-15(26-2)14(19)9-11)16(24)23-12-4-6-13(7-5-12)28-18(20,21)22/h3-10H,1-2H3,(H,23,24)/t10-/m0/s1. The Balaban J connectivity index is 1.95. The molecule has 0 spiro atoms. The molecule has 150 valence electrons. The summed E-state index contributed by atoms with van der Waals surface area (Å²) >= 11 is 0. The molecule has 0 bridgehead atoms. The van der Waals surface area contributed by atoms with Crippen LogP contribution >= 0.6 is 0 Å². The summed E-state index contributed by atoms with van der Waals surface area (Å²) in [5, 5.41) is 2.37. The minimum Gasteiger partial charge on any atom is -0.494 e. The van der Waals surface area contributed by atoms with Gasteiger partial charge in [0.25, 0.3) is 5.91 Å². The molecule has 0 aromatic heterocycles. The third-order valence-electron chi connectivity index (χ3n) is 3.40. The van der Waals surface area contributed by atoms with Crippen molar-refractivity contribution in [3.05, 3.63) is 53.8 Å². The summed E-state index contributed by atoms with van der Waals surface area (Å²) in [6, 6.07) is 7.82. The number of halogens is 4. The van der Waals surface area contributed by atoms with Gasteiger partial charge in [0.15, 0.2) is 17.7 Å². The number of hydrogen-bond acceptors (Lipinski definition) is 5. The number of methoxy groups -OCH3 is 1. The lowest BCUT2D eigenvalue weighted by Crippen LogP contribution is -2.30. The van der Waals surface area contributed by atoms with E-state index in [1.165, 1.54) is 38.3 Å². The van der Waals surface area contributed by atoms with Gasteiger partial charge in [-0.2, -0.15) is 0 Å². The lowest BCUT2D eigenvalue weighted by molar-refractivity contribution is -0.274. The summed E-state index contributed by atoms with van der Waals surface area (Å²) in [6.07, 6.45) is -6.07. The molecule has 0 aliphatic rings. The van der Waals surface area contributed by atoms with E-state index < -0.39 is 35.9 Å². The average Bonchev–Trinajstić information content (AvgIpc) is 2.61. The van der Waals surface area contributed by atoms with Crippen molar-refractivity contribution in [1.82, 2.24) is 0 Å². The van der Waals surface area contributed by atoms with Gasteiger partial charge in [0.1, 0.15) is 5.75 Å². The van der Waals surface area contributed by atoms with Crippen LogP contribution in [0.25, 0.3) is 0 Å². The molecule has 10 heteroatoms. The highest BCUT2D eigenvalue weighted by atomic mass is 19.4. The number of ether oxygens (including phenoxy) is 3. The molecule has 0 saturated heterocycles. The SMILES string of the molecule is COc1ccc(C(=O)O[C@@H](C)C(=O)Nc2ccc(OC(F)(F)F)cc2)cc1F. The Morgan fingerprint density at radius 2 is 1.71 bits per heavy atom. The Morgan fingerprint density at radius 3 is 2.25 bits per heavy atom. The number of carbonyl (C=O) groups is 2. The maximum atomic E-state index is 13.6. The minimum atomic E-state index is -4.82. The number of alkyl halides is 3. The Morgan fingerprint density at radius 1 is 1.07 bits per heavy atom. The van der Waals surface area contributed by atoms with Crippen molar-refractivity contribution in [1.29, 1.82) is 0 Å². The first-order valence-electron chi connectivity index (χ1n) is 7.80. The molecule has 6 nitrogen and oxygen atoms in total. The number of amides is 1. The first kappa shape index (κ1) is 21.0. The number of hydrogen-bond donors (Lipinski definition) is 1. The van der Waals surface area contributed by atoms with Crippen LogP contribution in [0.1, 0.15) is 17.3 Å². The molecule has 0 aliphatic heterocycles. The molecule has 0 heterocycles. The number of anilines is 1. The average molecular weight is 401 g/mol. The van der Waals surface area contributed by atoms with Gasteiger partial charge in [-0.25, -0.2) is 9.18 Å². The second-order valence-corrected chi connectivity index (χ2v) is 5.46. The fourth-order valence-corrected chi connectivity index (χ4v) is 2.06. The number of carbonyl (C=O) groups excluding carboxylic acids is 2. The molecule has 1 amide bonds. The van der Waals surface area contributed by atoms with Crippen LogP contribution in [0.4, 0.5) is 23.2 Å². The Kier molecular flexibility index (Phi) is 6.45. The van der Waals surface area contributed by atoms with Gasteiger partial charge in [-0.3, -0.25) is 4.79 Å². The molecule has 1 atom stereocenters. The van der Waals surface area contributed by atoms with Crippen molar-refractivity contribution >= 4 is 17.6 Å². The topological polar surface area (TPSA) is 73.9 Å². The van der Waals surface area contributed by atoms with E-state index in [0.717, 1.165) is 18.2 Å². The van der Waals surface area contributed by atoms with Gasteiger partial charge in [-0.1, -0.05) is 0 Å². The number of esters is 1. The summed E-state index contributed by atoms with van der Waals surface area (Å²) in [5.41, 5.74) is 0.0458. The van der Waals surface area contributed by atoms with E-state index in [9.17, 15) is 27.2 Å². The van der Waals surface area contributed by atoms with Crippen LogP contribution in [0, 0.1) is 5.82 Å². The predicted molar refractivity (Wildman–Crippen MR) is 89.6 cm³/mol. The van der Waals surface area contributed by atoms with Gasteiger partial charge in [0.2, 0.25) is 0 Å². The van der Waals surface area contributed by atoms with Crippen molar-refractivity contribution in [2.45, 2.75) is 19.4 Å². The van der Waals surface area contributed by atoms with E-state index in [2.05, 4.69) is 10.1 Å². The quantitative estimate of drug-likeness (QED) is 0.587. The highest BCUT2D eigenvalue weighted by Crippen LogP contribution is 2.24. The number of nitrogens with one attached hydrogen (secondary N) is 1. The number of benzene rings is 2. The fourth-order valence-electron chi connectivity index (χ4n) is 2.06. The van der Waals surface area contributed by atoms with Gasteiger partial charge in [-0.05, 0) is 49.4 Å². The zero-order chi connectivity index (χ0) is 20.9. The van der Waals surface area contributed by atoms with Gasteiger partial charge in [0, 0.05) is 5.69 Å². The van der Waals surface area contributed by atoms with Crippen molar-refractivity contribution in [2.24, 2.45) is 0 Å². The molecule has 1 N–H and O–H groups in total. The molecular formula is C18H15F4NO5. The zero-order valence-corrected chi connectivity index (χ0v) is 14.7. The molecule has 0 unspecified atom stereocenters. The maximum Gasteiger partial charge on any atom is 0.573 e. The highest BCUT2D eigenvalue weighted by Gasteiger charge is 2.31.